The normalized spacial score (nSPS) is 10.8. The van der Waals surface area contributed by atoms with E-state index in [1.807, 2.05) is 42.5 Å². The van der Waals surface area contributed by atoms with Gasteiger partial charge in [0, 0.05) is 11.1 Å². The Kier molecular flexibility index (Phi) is 6.31. The first kappa shape index (κ1) is 17.6. The summed E-state index contributed by atoms with van der Waals surface area (Å²) in [5, 5.41) is 3.22. The smallest absolute Gasteiger partial charge is 0.176 e. The Morgan fingerprint density at radius 1 is 0.905 bits per heavy atom. The zero-order valence-corrected chi connectivity index (χ0v) is 14.4. The van der Waals surface area contributed by atoms with Crippen molar-refractivity contribution in [3.63, 3.8) is 0 Å². The predicted molar refractivity (Wildman–Crippen MR) is 94.3 cm³/mol. The van der Waals surface area contributed by atoms with Crippen LogP contribution in [0.4, 0.5) is 0 Å². The predicted octanol–water partition coefficient (Wildman–Crippen LogP) is 4.50. The second kappa shape index (κ2) is 7.53. The fraction of sp³-hybridized carbons (Fsp3) is 0.278. The summed E-state index contributed by atoms with van der Waals surface area (Å²) in [5.74, 6) is 0.125. The molecule has 0 aromatic heterocycles. The summed E-state index contributed by atoms with van der Waals surface area (Å²) in [5.41, 5.74) is 3.01. The van der Waals surface area contributed by atoms with Crippen molar-refractivity contribution in [3.8, 4) is 11.1 Å². The average molecular weight is 348 g/mol. The van der Waals surface area contributed by atoms with E-state index in [0.717, 1.165) is 11.1 Å². The SMILES string of the molecule is Br.CC(C)(C)NCC(=O)c1ccc(-c2ccccc2)cc1. The second-order valence-electron chi connectivity index (χ2n) is 5.97. The summed E-state index contributed by atoms with van der Waals surface area (Å²) in [6, 6.07) is 18.0. The van der Waals surface area contributed by atoms with Gasteiger partial charge in [-0.15, -0.1) is 17.0 Å². The lowest BCUT2D eigenvalue weighted by Crippen LogP contribution is -2.39. The Hall–Kier alpha value is -1.45. The van der Waals surface area contributed by atoms with E-state index < -0.39 is 0 Å². The molecular weight excluding hydrogens is 326 g/mol. The summed E-state index contributed by atoms with van der Waals surface area (Å²) in [4.78, 5) is 12.1. The van der Waals surface area contributed by atoms with E-state index in [2.05, 4.69) is 38.2 Å². The molecule has 0 bridgehead atoms. The summed E-state index contributed by atoms with van der Waals surface area (Å²) < 4.78 is 0. The molecule has 0 spiro atoms. The van der Waals surface area contributed by atoms with Crippen LogP contribution in [0.2, 0.25) is 0 Å². The zero-order valence-electron chi connectivity index (χ0n) is 12.7. The molecule has 0 radical (unpaired) electrons. The Morgan fingerprint density at radius 3 is 1.95 bits per heavy atom. The number of carbonyl (C=O) groups excluding carboxylic acids is 1. The number of halogens is 1. The van der Waals surface area contributed by atoms with Crippen molar-refractivity contribution in [1.29, 1.82) is 0 Å². The Balaban J connectivity index is 0.00000220. The number of nitrogens with one attached hydrogen (secondary N) is 1. The van der Waals surface area contributed by atoms with Crippen LogP contribution < -0.4 is 5.32 Å². The van der Waals surface area contributed by atoms with Gasteiger partial charge in [-0.1, -0.05) is 54.6 Å². The molecule has 0 heterocycles. The largest absolute Gasteiger partial charge is 0.305 e. The van der Waals surface area contributed by atoms with Gasteiger partial charge in [0.1, 0.15) is 0 Å². The molecule has 2 aromatic rings. The standard InChI is InChI=1S/C18H21NO.BrH/c1-18(2,3)19-13-17(20)16-11-9-15(10-12-16)14-7-5-4-6-8-14;/h4-12,19H,13H2,1-3H3;1H. The molecular formula is C18H22BrNO. The van der Waals surface area contributed by atoms with Crippen LogP contribution in [0.1, 0.15) is 31.1 Å². The van der Waals surface area contributed by atoms with Crippen molar-refractivity contribution in [2.24, 2.45) is 0 Å². The number of Topliss-reactive ketones (excluding diaryl/α,β-unsaturated/α-hetero) is 1. The number of rotatable bonds is 4. The summed E-state index contributed by atoms with van der Waals surface area (Å²) in [7, 11) is 0. The lowest BCUT2D eigenvalue weighted by Gasteiger charge is -2.19. The third kappa shape index (κ3) is 5.44. The molecule has 0 aliphatic carbocycles. The van der Waals surface area contributed by atoms with E-state index in [1.54, 1.807) is 0 Å². The summed E-state index contributed by atoms with van der Waals surface area (Å²) >= 11 is 0. The zero-order chi connectivity index (χ0) is 14.6. The molecule has 2 nitrogen and oxygen atoms in total. The van der Waals surface area contributed by atoms with Crippen molar-refractivity contribution in [2.75, 3.05) is 6.54 Å². The fourth-order valence-electron chi connectivity index (χ4n) is 1.93. The van der Waals surface area contributed by atoms with Crippen LogP contribution in [0.15, 0.2) is 54.6 Å². The molecule has 1 N–H and O–H groups in total. The van der Waals surface area contributed by atoms with Crippen LogP contribution in [-0.4, -0.2) is 17.9 Å². The van der Waals surface area contributed by atoms with Gasteiger partial charge >= 0.3 is 0 Å². The van der Waals surface area contributed by atoms with Crippen LogP contribution in [0.5, 0.6) is 0 Å². The molecule has 2 rings (SSSR count). The molecule has 112 valence electrons. The van der Waals surface area contributed by atoms with Crippen LogP contribution in [0.3, 0.4) is 0 Å². The van der Waals surface area contributed by atoms with E-state index >= 15 is 0 Å². The number of hydrogen-bond donors (Lipinski definition) is 1. The lowest BCUT2D eigenvalue weighted by molar-refractivity contribution is 0.0982. The molecule has 3 heteroatoms. The average Bonchev–Trinajstić information content (AvgIpc) is 2.45. The van der Waals surface area contributed by atoms with Gasteiger partial charge < -0.3 is 5.32 Å². The third-order valence-electron chi connectivity index (χ3n) is 3.09. The monoisotopic (exact) mass is 347 g/mol. The summed E-state index contributed by atoms with van der Waals surface area (Å²) in [6.07, 6.45) is 0. The highest BCUT2D eigenvalue weighted by Crippen LogP contribution is 2.19. The number of carbonyl (C=O) groups is 1. The van der Waals surface area contributed by atoms with E-state index in [0.29, 0.717) is 6.54 Å². The van der Waals surface area contributed by atoms with Crippen molar-refractivity contribution >= 4 is 22.8 Å². The third-order valence-corrected chi connectivity index (χ3v) is 3.09. The molecule has 0 fully saturated rings. The van der Waals surface area contributed by atoms with Crippen molar-refractivity contribution in [2.45, 2.75) is 26.3 Å². The van der Waals surface area contributed by atoms with Crippen molar-refractivity contribution < 1.29 is 4.79 Å². The lowest BCUT2D eigenvalue weighted by atomic mass is 10.0. The maximum atomic E-state index is 12.1. The molecule has 0 saturated heterocycles. The van der Waals surface area contributed by atoms with Crippen molar-refractivity contribution in [3.05, 3.63) is 60.2 Å². The Bertz CT molecular complexity index is 570. The van der Waals surface area contributed by atoms with Gasteiger partial charge in [0.25, 0.3) is 0 Å². The topological polar surface area (TPSA) is 29.1 Å². The van der Waals surface area contributed by atoms with E-state index in [-0.39, 0.29) is 28.3 Å². The molecule has 2 aromatic carbocycles. The van der Waals surface area contributed by atoms with Crippen LogP contribution in [0.25, 0.3) is 11.1 Å². The first-order chi connectivity index (χ1) is 9.46. The number of hydrogen-bond acceptors (Lipinski definition) is 2. The van der Waals surface area contributed by atoms with Gasteiger partial charge in [0.2, 0.25) is 0 Å². The summed E-state index contributed by atoms with van der Waals surface area (Å²) in [6.45, 7) is 6.53. The molecule has 0 aliphatic heterocycles. The number of ketones is 1. The van der Waals surface area contributed by atoms with E-state index in [4.69, 9.17) is 0 Å². The second-order valence-corrected chi connectivity index (χ2v) is 5.97. The minimum Gasteiger partial charge on any atom is -0.305 e. The van der Waals surface area contributed by atoms with E-state index in [1.165, 1.54) is 5.56 Å². The first-order valence-electron chi connectivity index (χ1n) is 6.89. The minimum absolute atomic E-state index is 0. The van der Waals surface area contributed by atoms with Crippen LogP contribution in [0, 0.1) is 0 Å². The van der Waals surface area contributed by atoms with Crippen molar-refractivity contribution in [1.82, 2.24) is 5.32 Å². The van der Waals surface area contributed by atoms with Gasteiger partial charge in [0.05, 0.1) is 6.54 Å². The Labute approximate surface area is 137 Å². The highest BCUT2D eigenvalue weighted by molar-refractivity contribution is 8.93. The van der Waals surface area contributed by atoms with Crippen LogP contribution >= 0.6 is 17.0 Å². The van der Waals surface area contributed by atoms with Gasteiger partial charge in [-0.25, -0.2) is 0 Å². The van der Waals surface area contributed by atoms with Gasteiger partial charge in [0.15, 0.2) is 5.78 Å². The minimum atomic E-state index is -0.0420. The Morgan fingerprint density at radius 2 is 1.43 bits per heavy atom. The fourth-order valence-corrected chi connectivity index (χ4v) is 1.93. The molecule has 21 heavy (non-hydrogen) atoms. The van der Waals surface area contributed by atoms with Gasteiger partial charge in [-0.3, -0.25) is 4.79 Å². The molecule has 0 aliphatic rings. The van der Waals surface area contributed by atoms with Gasteiger partial charge in [-0.2, -0.15) is 0 Å². The quantitative estimate of drug-likeness (QED) is 0.824. The van der Waals surface area contributed by atoms with E-state index in [9.17, 15) is 4.79 Å². The highest BCUT2D eigenvalue weighted by Gasteiger charge is 2.12. The van der Waals surface area contributed by atoms with Crippen LogP contribution in [-0.2, 0) is 0 Å². The maximum Gasteiger partial charge on any atom is 0.176 e. The molecule has 0 saturated carbocycles. The molecule has 0 atom stereocenters. The maximum absolute atomic E-state index is 12.1. The molecule has 0 amide bonds. The first-order valence-corrected chi connectivity index (χ1v) is 6.89. The van der Waals surface area contributed by atoms with Gasteiger partial charge in [-0.05, 0) is 31.9 Å². The number of benzene rings is 2. The highest BCUT2D eigenvalue weighted by atomic mass is 79.9. The molecule has 0 unspecified atom stereocenters.